The monoisotopic (exact) mass is 315 g/mol. The van der Waals surface area contributed by atoms with Crippen LogP contribution in [0.4, 0.5) is 0 Å². The molecule has 2 heterocycles. The smallest absolute Gasteiger partial charge is 0.332 e. The van der Waals surface area contributed by atoms with Crippen molar-refractivity contribution in [1.29, 1.82) is 0 Å². The Morgan fingerprint density at radius 3 is 2.35 bits per heavy atom. The van der Waals surface area contributed by atoms with Gasteiger partial charge in [-0.25, -0.2) is 4.79 Å². The van der Waals surface area contributed by atoms with Gasteiger partial charge in [-0.15, -0.1) is 0 Å². The summed E-state index contributed by atoms with van der Waals surface area (Å²) in [6.45, 7) is 0. The fraction of sp³-hybridized carbons (Fsp3) is 0.250. The maximum Gasteiger partial charge on any atom is 0.332 e. The van der Waals surface area contributed by atoms with Crippen LogP contribution in [0.5, 0.6) is 11.5 Å². The van der Waals surface area contributed by atoms with Crippen molar-refractivity contribution in [3.8, 4) is 22.6 Å². The van der Waals surface area contributed by atoms with Crippen LogP contribution in [0.3, 0.4) is 0 Å². The molecule has 1 N–H and O–H groups in total. The van der Waals surface area contributed by atoms with E-state index in [0.717, 1.165) is 10.1 Å². The number of methoxy groups -OCH3 is 2. The molecule has 0 radical (unpaired) electrons. The van der Waals surface area contributed by atoms with Crippen molar-refractivity contribution in [3.63, 3.8) is 0 Å². The van der Waals surface area contributed by atoms with E-state index in [0.29, 0.717) is 28.1 Å². The van der Waals surface area contributed by atoms with Gasteiger partial charge in [-0.3, -0.25) is 13.9 Å². The van der Waals surface area contributed by atoms with Gasteiger partial charge in [0.05, 0.1) is 19.6 Å². The summed E-state index contributed by atoms with van der Waals surface area (Å²) in [5, 5.41) is 0.460. The van der Waals surface area contributed by atoms with Crippen molar-refractivity contribution < 1.29 is 9.47 Å². The van der Waals surface area contributed by atoms with Gasteiger partial charge in [0.2, 0.25) is 0 Å². The third-order valence-electron chi connectivity index (χ3n) is 3.98. The minimum absolute atomic E-state index is 0.339. The zero-order chi connectivity index (χ0) is 16.7. The molecule has 7 heteroatoms. The van der Waals surface area contributed by atoms with Gasteiger partial charge < -0.3 is 14.5 Å². The molecule has 3 rings (SSSR count). The number of benzene rings is 1. The molecule has 0 fully saturated rings. The largest absolute Gasteiger partial charge is 0.493 e. The lowest BCUT2D eigenvalue weighted by Gasteiger charge is -2.09. The topological polar surface area (TPSA) is 78.3 Å². The van der Waals surface area contributed by atoms with Gasteiger partial charge in [0, 0.05) is 25.9 Å². The minimum atomic E-state index is -0.372. The van der Waals surface area contributed by atoms with E-state index in [1.807, 2.05) is 6.07 Å². The third-order valence-corrected chi connectivity index (χ3v) is 3.98. The number of aryl methyl sites for hydroxylation is 1. The van der Waals surface area contributed by atoms with Crippen LogP contribution in [-0.4, -0.2) is 28.3 Å². The molecule has 2 aromatic heterocycles. The second-order valence-corrected chi connectivity index (χ2v) is 5.20. The highest BCUT2D eigenvalue weighted by molar-refractivity contribution is 5.93. The van der Waals surface area contributed by atoms with Gasteiger partial charge in [-0.1, -0.05) is 6.07 Å². The predicted octanol–water partition coefficient (Wildman–Crippen LogP) is 1.25. The highest BCUT2D eigenvalue weighted by atomic mass is 16.5. The Morgan fingerprint density at radius 2 is 1.70 bits per heavy atom. The molecule has 0 aliphatic rings. The Bertz CT molecular complexity index is 1010. The van der Waals surface area contributed by atoms with Gasteiger partial charge in [0.15, 0.2) is 11.5 Å². The lowest BCUT2D eigenvalue weighted by molar-refractivity contribution is 0.355. The number of nitrogens with one attached hydrogen (secondary N) is 1. The van der Waals surface area contributed by atoms with E-state index in [1.165, 1.54) is 11.6 Å². The van der Waals surface area contributed by atoms with Crippen molar-refractivity contribution in [2.24, 2.45) is 14.1 Å². The molecule has 0 aliphatic heterocycles. The van der Waals surface area contributed by atoms with Gasteiger partial charge in [0.25, 0.3) is 5.56 Å². The number of H-pyrrole nitrogens is 1. The quantitative estimate of drug-likeness (QED) is 0.789. The summed E-state index contributed by atoms with van der Waals surface area (Å²) in [7, 11) is 6.21. The first kappa shape index (κ1) is 15.0. The summed E-state index contributed by atoms with van der Waals surface area (Å²) in [6.07, 6.45) is 1.72. The average Bonchev–Trinajstić information content (AvgIpc) is 3.02. The molecule has 0 saturated carbocycles. The van der Waals surface area contributed by atoms with E-state index in [1.54, 1.807) is 39.6 Å². The predicted molar refractivity (Wildman–Crippen MR) is 87.3 cm³/mol. The molecule has 120 valence electrons. The zero-order valence-corrected chi connectivity index (χ0v) is 13.3. The maximum absolute atomic E-state index is 12.5. The van der Waals surface area contributed by atoms with E-state index in [4.69, 9.17) is 9.47 Å². The number of hydrogen-bond donors (Lipinski definition) is 1. The number of aromatic amines is 1. The lowest BCUT2D eigenvalue weighted by atomic mass is 10.1. The Hall–Kier alpha value is -2.96. The SMILES string of the molecule is COc1ccc(-c2c[nH]c3c2c(=O)n(C)c(=O)n3C)cc1OC. The molecular weight excluding hydrogens is 298 g/mol. The summed E-state index contributed by atoms with van der Waals surface area (Å²) < 4.78 is 13.1. The Morgan fingerprint density at radius 1 is 1.00 bits per heavy atom. The first-order chi connectivity index (χ1) is 11.0. The van der Waals surface area contributed by atoms with Crippen molar-refractivity contribution >= 4 is 11.0 Å². The average molecular weight is 315 g/mol. The second-order valence-electron chi connectivity index (χ2n) is 5.20. The Balaban J connectivity index is 2.34. The number of ether oxygens (including phenoxy) is 2. The van der Waals surface area contributed by atoms with E-state index in [9.17, 15) is 9.59 Å². The summed E-state index contributed by atoms with van der Waals surface area (Å²) in [4.78, 5) is 27.5. The Kier molecular flexibility index (Phi) is 3.48. The van der Waals surface area contributed by atoms with Crippen molar-refractivity contribution in [2.75, 3.05) is 14.2 Å². The van der Waals surface area contributed by atoms with Crippen LogP contribution in [0.1, 0.15) is 0 Å². The first-order valence-electron chi connectivity index (χ1n) is 6.99. The van der Waals surface area contributed by atoms with Crippen molar-refractivity contribution in [1.82, 2.24) is 14.1 Å². The molecule has 1 aromatic carbocycles. The van der Waals surface area contributed by atoms with E-state index in [-0.39, 0.29) is 11.2 Å². The van der Waals surface area contributed by atoms with Crippen molar-refractivity contribution in [3.05, 3.63) is 45.2 Å². The van der Waals surface area contributed by atoms with Gasteiger partial charge in [-0.05, 0) is 17.7 Å². The van der Waals surface area contributed by atoms with Crippen LogP contribution < -0.4 is 20.7 Å². The molecule has 0 aliphatic carbocycles. The maximum atomic E-state index is 12.5. The molecule has 7 nitrogen and oxygen atoms in total. The third kappa shape index (κ3) is 2.12. The molecule has 3 aromatic rings. The van der Waals surface area contributed by atoms with Crippen LogP contribution in [-0.2, 0) is 14.1 Å². The number of rotatable bonds is 3. The summed E-state index contributed by atoms with van der Waals surface area (Å²) in [6, 6.07) is 5.42. The number of fused-ring (bicyclic) bond motifs is 1. The molecule has 23 heavy (non-hydrogen) atoms. The zero-order valence-electron chi connectivity index (χ0n) is 13.3. The molecule has 0 spiro atoms. The van der Waals surface area contributed by atoms with Crippen LogP contribution in [0.2, 0.25) is 0 Å². The second kappa shape index (κ2) is 5.35. The van der Waals surface area contributed by atoms with Crippen LogP contribution >= 0.6 is 0 Å². The molecule has 0 bridgehead atoms. The molecule has 0 atom stereocenters. The van der Waals surface area contributed by atoms with Crippen LogP contribution in [0, 0.1) is 0 Å². The first-order valence-corrected chi connectivity index (χ1v) is 6.99. The van der Waals surface area contributed by atoms with E-state index < -0.39 is 0 Å². The standard InChI is InChI=1S/C16H17N3O4/c1-18-14-13(15(20)19(2)16(18)21)10(8-17-14)9-5-6-11(22-3)12(7-9)23-4/h5-8,17H,1-4H3. The molecular formula is C16H17N3O4. The van der Waals surface area contributed by atoms with Gasteiger partial charge >= 0.3 is 5.69 Å². The Labute approximate surface area is 131 Å². The van der Waals surface area contributed by atoms with Gasteiger partial charge in [-0.2, -0.15) is 0 Å². The van der Waals surface area contributed by atoms with Crippen LogP contribution in [0.25, 0.3) is 22.2 Å². The highest BCUT2D eigenvalue weighted by Crippen LogP contribution is 2.34. The van der Waals surface area contributed by atoms with Crippen molar-refractivity contribution in [2.45, 2.75) is 0 Å². The number of hydrogen-bond acceptors (Lipinski definition) is 4. The summed E-state index contributed by atoms with van der Waals surface area (Å²) in [5.41, 5.74) is 1.28. The molecule has 0 unspecified atom stereocenters. The number of nitrogens with zero attached hydrogens (tertiary/aromatic N) is 2. The summed E-state index contributed by atoms with van der Waals surface area (Å²) >= 11 is 0. The molecule has 0 saturated heterocycles. The fourth-order valence-electron chi connectivity index (χ4n) is 2.70. The lowest BCUT2D eigenvalue weighted by Crippen LogP contribution is -2.36. The van der Waals surface area contributed by atoms with Gasteiger partial charge in [0.1, 0.15) is 5.65 Å². The fourth-order valence-corrected chi connectivity index (χ4v) is 2.70. The molecule has 0 amide bonds. The van der Waals surface area contributed by atoms with E-state index in [2.05, 4.69) is 4.98 Å². The number of aromatic nitrogens is 3. The summed E-state index contributed by atoms with van der Waals surface area (Å²) in [5.74, 6) is 1.18. The van der Waals surface area contributed by atoms with E-state index >= 15 is 0 Å². The minimum Gasteiger partial charge on any atom is -0.493 e. The van der Waals surface area contributed by atoms with Crippen LogP contribution in [0.15, 0.2) is 34.0 Å². The highest BCUT2D eigenvalue weighted by Gasteiger charge is 2.16. The normalized spacial score (nSPS) is 11.0.